The van der Waals surface area contributed by atoms with Crippen LogP contribution in [0.3, 0.4) is 0 Å². The maximum atomic E-state index is 14.0. The predicted molar refractivity (Wildman–Crippen MR) is 169 cm³/mol. The van der Waals surface area contributed by atoms with Gasteiger partial charge in [-0.3, -0.25) is 19.3 Å². The van der Waals surface area contributed by atoms with Gasteiger partial charge in [-0.15, -0.1) is 0 Å². The molecule has 0 spiro atoms. The summed E-state index contributed by atoms with van der Waals surface area (Å²) in [6, 6.07) is 40.7. The highest BCUT2D eigenvalue weighted by molar-refractivity contribution is 7.86. The molecular weight excluding hydrogens is 558 g/mol. The van der Waals surface area contributed by atoms with Gasteiger partial charge in [0.05, 0.1) is 11.0 Å². The van der Waals surface area contributed by atoms with Gasteiger partial charge in [-0.2, -0.15) is 8.42 Å². The number of carbonyl (C=O) groups excluding carboxylic acids is 1. The highest BCUT2D eigenvalue weighted by Gasteiger charge is 2.58. The third-order valence-electron chi connectivity index (χ3n) is 8.21. The normalized spacial score (nSPS) is 16.8. The van der Waals surface area contributed by atoms with Crippen LogP contribution in [0.25, 0.3) is 0 Å². The standard InChI is InChI=1S/C35H31N3O4S/c1-34(2)32(43(40,41)42)37(33(39)38(34)31-22-24-36-25-23-31)30-20-18-29(19-21-30)35(26-12-6-3-7-13-26,27-14-8-4-9-15-27)28-16-10-5-11-17-28/h3-25,32H,1-2H3,(H,40,41,42). The zero-order valence-corrected chi connectivity index (χ0v) is 24.6. The molecule has 4 aromatic carbocycles. The van der Waals surface area contributed by atoms with E-state index in [0.29, 0.717) is 11.4 Å². The molecule has 5 aromatic rings. The average Bonchev–Trinajstić information content (AvgIpc) is 3.24. The van der Waals surface area contributed by atoms with E-state index >= 15 is 0 Å². The van der Waals surface area contributed by atoms with Gasteiger partial charge >= 0.3 is 6.03 Å². The number of hydrogen-bond donors (Lipinski definition) is 1. The Morgan fingerprint density at radius 3 is 1.49 bits per heavy atom. The molecule has 1 fully saturated rings. The van der Waals surface area contributed by atoms with Crippen molar-refractivity contribution in [3.63, 3.8) is 0 Å². The van der Waals surface area contributed by atoms with E-state index in [1.807, 2.05) is 66.7 Å². The first-order valence-electron chi connectivity index (χ1n) is 13.9. The van der Waals surface area contributed by atoms with Crippen LogP contribution in [0.15, 0.2) is 140 Å². The largest absolute Gasteiger partial charge is 0.330 e. The SMILES string of the molecule is CC1(C)C(S(=O)(=O)O)N(c2ccc(C(c3ccccc3)(c3ccccc3)c3ccccc3)cc2)C(=O)N1c1ccncc1. The maximum Gasteiger partial charge on any atom is 0.330 e. The van der Waals surface area contributed by atoms with Crippen LogP contribution in [0, 0.1) is 0 Å². The van der Waals surface area contributed by atoms with Gasteiger partial charge in [-0.1, -0.05) is 103 Å². The van der Waals surface area contributed by atoms with Crippen LogP contribution in [0.5, 0.6) is 0 Å². The molecule has 6 rings (SSSR count). The minimum Gasteiger partial charge on any atom is -0.285 e. The fraction of sp³-hybridized carbons (Fsp3) is 0.143. The summed E-state index contributed by atoms with van der Waals surface area (Å²) in [5, 5.41) is -1.55. The molecule has 2 heterocycles. The second-order valence-electron chi connectivity index (χ2n) is 11.1. The lowest BCUT2D eigenvalue weighted by molar-refractivity contribution is 0.254. The van der Waals surface area contributed by atoms with Crippen LogP contribution in [-0.2, 0) is 15.5 Å². The summed E-state index contributed by atoms with van der Waals surface area (Å²) >= 11 is 0. The Bertz CT molecular complexity index is 1740. The quantitative estimate of drug-likeness (QED) is 0.165. The molecule has 1 unspecified atom stereocenters. The predicted octanol–water partition coefficient (Wildman–Crippen LogP) is 6.90. The molecule has 8 heteroatoms. The summed E-state index contributed by atoms with van der Waals surface area (Å²) in [5.74, 6) is 0. The molecule has 43 heavy (non-hydrogen) atoms. The van der Waals surface area contributed by atoms with Gasteiger partial charge in [-0.25, -0.2) is 4.79 Å². The Hall–Kier alpha value is -4.79. The van der Waals surface area contributed by atoms with Crippen molar-refractivity contribution in [1.82, 2.24) is 4.98 Å². The first kappa shape index (κ1) is 28.3. The van der Waals surface area contributed by atoms with Crippen LogP contribution in [0.4, 0.5) is 16.2 Å². The minimum atomic E-state index is -4.70. The lowest BCUT2D eigenvalue weighted by Crippen LogP contribution is -2.51. The lowest BCUT2D eigenvalue weighted by atomic mass is 9.65. The Morgan fingerprint density at radius 1 is 0.651 bits per heavy atom. The van der Waals surface area contributed by atoms with Crippen molar-refractivity contribution in [3.8, 4) is 0 Å². The number of rotatable bonds is 7. The van der Waals surface area contributed by atoms with Gasteiger partial charge in [0.25, 0.3) is 10.1 Å². The van der Waals surface area contributed by atoms with Crippen LogP contribution in [-0.4, -0.2) is 34.9 Å². The van der Waals surface area contributed by atoms with E-state index in [4.69, 9.17) is 0 Å². The van der Waals surface area contributed by atoms with E-state index in [1.54, 1.807) is 38.1 Å². The van der Waals surface area contributed by atoms with Crippen molar-refractivity contribution in [3.05, 3.63) is 162 Å². The third kappa shape index (κ3) is 4.69. The summed E-state index contributed by atoms with van der Waals surface area (Å²) in [6.45, 7) is 3.26. The number of benzene rings is 4. The first-order valence-corrected chi connectivity index (χ1v) is 15.4. The molecule has 2 amide bonds. The van der Waals surface area contributed by atoms with Crippen molar-refractivity contribution < 1.29 is 17.8 Å². The van der Waals surface area contributed by atoms with Gasteiger partial charge < -0.3 is 0 Å². The van der Waals surface area contributed by atoms with Crippen molar-refractivity contribution in [1.29, 1.82) is 0 Å². The average molecular weight is 590 g/mol. The number of amides is 2. The molecule has 1 atom stereocenters. The van der Waals surface area contributed by atoms with Crippen LogP contribution in [0.1, 0.15) is 36.1 Å². The lowest BCUT2D eigenvalue weighted by Gasteiger charge is -2.37. The Labute approximate surface area is 251 Å². The molecule has 1 aliphatic rings. The first-order chi connectivity index (χ1) is 20.7. The van der Waals surface area contributed by atoms with Gasteiger partial charge in [0.15, 0.2) is 5.37 Å². The molecule has 0 aliphatic carbocycles. The zero-order chi connectivity index (χ0) is 30.2. The third-order valence-corrected chi connectivity index (χ3v) is 9.57. The van der Waals surface area contributed by atoms with E-state index in [1.165, 1.54) is 17.3 Å². The highest BCUT2D eigenvalue weighted by Crippen LogP contribution is 2.46. The number of anilines is 2. The van der Waals surface area contributed by atoms with E-state index < -0.39 is 32.5 Å². The van der Waals surface area contributed by atoms with Crippen molar-refractivity contribution in [2.24, 2.45) is 0 Å². The number of urea groups is 1. The molecule has 1 saturated heterocycles. The van der Waals surface area contributed by atoms with Crippen LogP contribution >= 0.6 is 0 Å². The molecule has 0 radical (unpaired) electrons. The highest BCUT2D eigenvalue weighted by atomic mass is 32.2. The molecule has 0 bridgehead atoms. The minimum absolute atomic E-state index is 0.351. The van der Waals surface area contributed by atoms with Gasteiger partial charge in [0.1, 0.15) is 0 Å². The van der Waals surface area contributed by atoms with Crippen LogP contribution < -0.4 is 9.80 Å². The molecule has 216 valence electrons. The molecule has 1 N–H and O–H groups in total. The Morgan fingerprint density at radius 2 is 1.07 bits per heavy atom. The van der Waals surface area contributed by atoms with Crippen molar-refractivity contribution in [2.75, 3.05) is 9.80 Å². The number of carbonyl (C=O) groups is 1. The summed E-state index contributed by atoms with van der Waals surface area (Å²) in [4.78, 5) is 20.6. The van der Waals surface area contributed by atoms with Gasteiger partial charge in [-0.05, 0) is 60.4 Å². The maximum absolute atomic E-state index is 14.0. The fourth-order valence-electron chi connectivity index (χ4n) is 6.50. The summed E-state index contributed by atoms with van der Waals surface area (Å²) in [6.07, 6.45) is 3.07. The Kier molecular flexibility index (Phi) is 7.12. The zero-order valence-electron chi connectivity index (χ0n) is 23.8. The van der Waals surface area contributed by atoms with E-state index in [2.05, 4.69) is 41.4 Å². The van der Waals surface area contributed by atoms with E-state index in [0.717, 1.165) is 27.2 Å². The smallest absolute Gasteiger partial charge is 0.285 e. The van der Waals surface area contributed by atoms with E-state index in [-0.39, 0.29) is 0 Å². The summed E-state index contributed by atoms with van der Waals surface area (Å²) in [5.41, 5.74) is 2.92. The second kappa shape index (κ2) is 10.8. The fourth-order valence-corrected chi connectivity index (χ4v) is 7.81. The molecule has 1 aliphatic heterocycles. The number of hydrogen-bond acceptors (Lipinski definition) is 4. The molecule has 0 saturated carbocycles. The topological polar surface area (TPSA) is 90.8 Å². The summed E-state index contributed by atoms with van der Waals surface area (Å²) in [7, 11) is -4.70. The second-order valence-corrected chi connectivity index (χ2v) is 12.6. The van der Waals surface area contributed by atoms with Gasteiger partial charge in [0.2, 0.25) is 0 Å². The van der Waals surface area contributed by atoms with Gasteiger partial charge in [0, 0.05) is 23.8 Å². The monoisotopic (exact) mass is 589 g/mol. The molecular formula is C35H31N3O4S. The van der Waals surface area contributed by atoms with Crippen molar-refractivity contribution >= 4 is 27.5 Å². The number of aromatic nitrogens is 1. The number of pyridine rings is 1. The molecule has 1 aromatic heterocycles. The van der Waals surface area contributed by atoms with Crippen LogP contribution in [0.2, 0.25) is 0 Å². The molecule has 7 nitrogen and oxygen atoms in total. The number of nitrogens with zero attached hydrogens (tertiary/aromatic N) is 3. The van der Waals surface area contributed by atoms with E-state index in [9.17, 15) is 17.8 Å². The Balaban J connectivity index is 1.54. The summed E-state index contributed by atoms with van der Waals surface area (Å²) < 4.78 is 36.2. The van der Waals surface area contributed by atoms with Crippen molar-refractivity contribution in [2.45, 2.75) is 30.2 Å².